The zero-order valence-electron chi connectivity index (χ0n) is 14.1. The molecule has 2 unspecified atom stereocenters. The van der Waals surface area contributed by atoms with E-state index in [2.05, 4.69) is 10.1 Å². The fraction of sp³-hybridized carbons (Fsp3) is 0.750. The van der Waals surface area contributed by atoms with Crippen molar-refractivity contribution in [3.63, 3.8) is 0 Å². The second kappa shape index (κ2) is 6.59. The van der Waals surface area contributed by atoms with Crippen molar-refractivity contribution in [2.24, 2.45) is 0 Å². The molecule has 7 heteroatoms. The summed E-state index contributed by atoms with van der Waals surface area (Å²) in [6, 6.07) is 0. The number of ether oxygens (including phenoxy) is 2. The molecule has 0 aliphatic carbocycles. The molecule has 1 aromatic rings. The number of nitrogens with zero attached hydrogens (tertiary/aromatic N) is 3. The van der Waals surface area contributed by atoms with Gasteiger partial charge in [0.05, 0.1) is 32.1 Å². The maximum Gasteiger partial charge on any atom is 0.259 e. The highest BCUT2D eigenvalue weighted by Gasteiger charge is 2.44. The molecule has 23 heavy (non-hydrogen) atoms. The summed E-state index contributed by atoms with van der Waals surface area (Å²) in [6.45, 7) is 4.83. The summed E-state index contributed by atoms with van der Waals surface area (Å²) in [5.41, 5.74) is 0.127. The van der Waals surface area contributed by atoms with Crippen molar-refractivity contribution < 1.29 is 18.8 Å². The average Bonchev–Trinajstić information content (AvgIpc) is 3.01. The van der Waals surface area contributed by atoms with Gasteiger partial charge in [0.2, 0.25) is 0 Å². The molecule has 1 aromatic heterocycles. The van der Waals surface area contributed by atoms with Crippen LogP contribution in [0.4, 0.5) is 0 Å². The van der Waals surface area contributed by atoms with Crippen LogP contribution in [-0.4, -0.2) is 79.5 Å². The first-order valence-electron chi connectivity index (χ1n) is 8.10. The van der Waals surface area contributed by atoms with Gasteiger partial charge in [0.1, 0.15) is 16.9 Å². The van der Waals surface area contributed by atoms with Gasteiger partial charge in [0.15, 0.2) is 0 Å². The Labute approximate surface area is 136 Å². The van der Waals surface area contributed by atoms with Crippen molar-refractivity contribution >= 4 is 5.91 Å². The molecule has 0 aromatic carbocycles. The molecule has 2 aliphatic rings. The predicted octanol–water partition coefficient (Wildman–Crippen LogP) is 0.935. The monoisotopic (exact) mass is 323 g/mol. The molecule has 0 N–H and O–H groups in total. The zero-order chi connectivity index (χ0) is 16.4. The molecular formula is C16H25N3O4. The van der Waals surface area contributed by atoms with Gasteiger partial charge in [-0.3, -0.25) is 4.79 Å². The molecule has 2 aliphatic heterocycles. The van der Waals surface area contributed by atoms with E-state index in [-0.39, 0.29) is 12.0 Å². The smallest absolute Gasteiger partial charge is 0.259 e. The van der Waals surface area contributed by atoms with Crippen LogP contribution in [0.5, 0.6) is 0 Å². The van der Waals surface area contributed by atoms with Gasteiger partial charge in [-0.25, -0.2) is 0 Å². The van der Waals surface area contributed by atoms with Crippen molar-refractivity contribution in [2.45, 2.75) is 31.5 Å². The zero-order valence-corrected chi connectivity index (χ0v) is 14.1. The number of rotatable bonds is 3. The summed E-state index contributed by atoms with van der Waals surface area (Å²) in [5, 5.41) is 3.70. The van der Waals surface area contributed by atoms with E-state index in [4.69, 9.17) is 14.0 Å². The summed E-state index contributed by atoms with van der Waals surface area (Å²) in [4.78, 5) is 16.7. The Bertz CT molecular complexity index is 559. The highest BCUT2D eigenvalue weighted by atomic mass is 16.6. The van der Waals surface area contributed by atoms with Crippen LogP contribution >= 0.6 is 0 Å². The van der Waals surface area contributed by atoms with Gasteiger partial charge in [-0.2, -0.15) is 0 Å². The largest absolute Gasteiger partial charge is 0.377 e. The fourth-order valence-corrected chi connectivity index (χ4v) is 3.41. The van der Waals surface area contributed by atoms with E-state index in [0.717, 1.165) is 19.4 Å². The van der Waals surface area contributed by atoms with Crippen LogP contribution in [0, 0.1) is 6.92 Å². The lowest BCUT2D eigenvalue weighted by Crippen LogP contribution is -2.47. The highest BCUT2D eigenvalue weighted by Crippen LogP contribution is 2.33. The van der Waals surface area contributed by atoms with Crippen molar-refractivity contribution in [1.82, 2.24) is 15.0 Å². The quantitative estimate of drug-likeness (QED) is 0.824. The summed E-state index contributed by atoms with van der Waals surface area (Å²) < 4.78 is 17.1. The molecule has 2 atom stereocenters. The van der Waals surface area contributed by atoms with E-state index in [1.54, 1.807) is 6.92 Å². The van der Waals surface area contributed by atoms with Gasteiger partial charge in [-0.15, -0.1) is 0 Å². The van der Waals surface area contributed by atoms with Crippen molar-refractivity contribution in [3.05, 3.63) is 17.5 Å². The number of carbonyl (C=O) groups is 1. The molecule has 0 radical (unpaired) electrons. The van der Waals surface area contributed by atoms with Gasteiger partial charge in [0, 0.05) is 13.1 Å². The lowest BCUT2D eigenvalue weighted by molar-refractivity contribution is -0.0878. The van der Waals surface area contributed by atoms with Crippen LogP contribution in [0.3, 0.4) is 0 Å². The van der Waals surface area contributed by atoms with Crippen LogP contribution < -0.4 is 0 Å². The average molecular weight is 323 g/mol. The molecule has 128 valence electrons. The van der Waals surface area contributed by atoms with Crippen LogP contribution in [0.15, 0.2) is 10.7 Å². The number of hydrogen-bond donors (Lipinski definition) is 0. The number of amides is 1. The molecule has 1 amide bonds. The third-order valence-corrected chi connectivity index (χ3v) is 4.53. The third-order valence-electron chi connectivity index (χ3n) is 4.53. The molecule has 2 saturated heterocycles. The molecule has 0 saturated carbocycles. The van der Waals surface area contributed by atoms with Gasteiger partial charge in [-0.05, 0) is 33.9 Å². The molecule has 2 fully saturated rings. The van der Waals surface area contributed by atoms with E-state index >= 15 is 0 Å². The van der Waals surface area contributed by atoms with Crippen molar-refractivity contribution in [2.75, 3.05) is 46.9 Å². The molecule has 0 bridgehead atoms. The Kier molecular flexibility index (Phi) is 4.70. The summed E-state index contributed by atoms with van der Waals surface area (Å²) in [6.07, 6.45) is 3.59. The van der Waals surface area contributed by atoms with Crippen LogP contribution in [0.1, 0.15) is 29.0 Å². The first-order chi connectivity index (χ1) is 11.0. The van der Waals surface area contributed by atoms with Crippen molar-refractivity contribution in [1.29, 1.82) is 0 Å². The number of hydrogen-bond acceptors (Lipinski definition) is 6. The first kappa shape index (κ1) is 16.4. The SMILES string of the molecule is Cc1oncc1C(=O)N1CCOCC2(CCC(CN(C)C)O2)C1. The maximum atomic E-state index is 12.7. The number of aryl methyl sites for hydroxylation is 1. The lowest BCUT2D eigenvalue weighted by atomic mass is 9.99. The van der Waals surface area contributed by atoms with Crippen LogP contribution in [-0.2, 0) is 9.47 Å². The van der Waals surface area contributed by atoms with Crippen molar-refractivity contribution in [3.8, 4) is 0 Å². The van der Waals surface area contributed by atoms with E-state index in [1.807, 2.05) is 19.0 Å². The Morgan fingerprint density at radius 1 is 1.52 bits per heavy atom. The summed E-state index contributed by atoms with van der Waals surface area (Å²) in [5.74, 6) is 0.486. The molecular weight excluding hydrogens is 298 g/mol. The second-order valence-corrected chi connectivity index (χ2v) is 6.80. The Hall–Kier alpha value is -1.44. The van der Waals surface area contributed by atoms with Crippen LogP contribution in [0.2, 0.25) is 0 Å². The number of carbonyl (C=O) groups excluding carboxylic acids is 1. The Morgan fingerprint density at radius 3 is 3.04 bits per heavy atom. The van der Waals surface area contributed by atoms with Gasteiger partial charge in [-0.1, -0.05) is 5.16 Å². The predicted molar refractivity (Wildman–Crippen MR) is 83.4 cm³/mol. The lowest BCUT2D eigenvalue weighted by Gasteiger charge is -2.32. The minimum Gasteiger partial charge on any atom is -0.377 e. The first-order valence-corrected chi connectivity index (χ1v) is 8.10. The number of likely N-dealkylation sites (N-methyl/N-ethyl adjacent to an activating group) is 1. The molecule has 7 nitrogen and oxygen atoms in total. The minimum absolute atomic E-state index is 0.0618. The number of aromatic nitrogens is 1. The van der Waals surface area contributed by atoms with Crippen LogP contribution in [0.25, 0.3) is 0 Å². The van der Waals surface area contributed by atoms with E-state index in [9.17, 15) is 4.79 Å². The topological polar surface area (TPSA) is 68.0 Å². The third kappa shape index (κ3) is 3.57. The summed E-state index contributed by atoms with van der Waals surface area (Å²) in [7, 11) is 4.09. The maximum absolute atomic E-state index is 12.7. The summed E-state index contributed by atoms with van der Waals surface area (Å²) >= 11 is 0. The molecule has 3 rings (SSSR count). The molecule has 3 heterocycles. The second-order valence-electron chi connectivity index (χ2n) is 6.80. The van der Waals surface area contributed by atoms with Gasteiger partial charge < -0.3 is 23.8 Å². The van der Waals surface area contributed by atoms with E-state index in [1.165, 1.54) is 6.20 Å². The van der Waals surface area contributed by atoms with Gasteiger partial charge >= 0.3 is 0 Å². The minimum atomic E-state index is -0.391. The van der Waals surface area contributed by atoms with Gasteiger partial charge in [0.25, 0.3) is 5.91 Å². The van der Waals surface area contributed by atoms with E-state index < -0.39 is 5.60 Å². The standard InChI is InChI=1S/C16H25N3O4/c1-12-14(8-17-23-12)15(20)19-6-7-21-11-16(10-19)5-4-13(22-16)9-18(2)3/h8,13H,4-7,9-11H2,1-3H3. The Balaban J connectivity index is 1.72. The normalized spacial score (nSPS) is 28.5. The van der Waals surface area contributed by atoms with E-state index in [0.29, 0.717) is 37.6 Å². The Morgan fingerprint density at radius 2 is 2.35 bits per heavy atom. The molecule has 1 spiro atoms. The highest BCUT2D eigenvalue weighted by molar-refractivity contribution is 5.94. The fourth-order valence-electron chi connectivity index (χ4n) is 3.41.